The van der Waals surface area contributed by atoms with E-state index in [0.717, 1.165) is 11.3 Å². The summed E-state index contributed by atoms with van der Waals surface area (Å²) in [5, 5.41) is 0. The second kappa shape index (κ2) is 7.64. The van der Waals surface area contributed by atoms with Crippen molar-refractivity contribution in [2.75, 3.05) is 7.11 Å². The first kappa shape index (κ1) is 16.1. The van der Waals surface area contributed by atoms with Crippen molar-refractivity contribution < 1.29 is 14.3 Å². The normalized spacial score (nSPS) is 10.3. The van der Waals surface area contributed by atoms with E-state index < -0.39 is 0 Å². The molecular formula is C19H22O3. The quantitative estimate of drug-likeness (QED) is 0.756. The molecule has 0 saturated carbocycles. The summed E-state index contributed by atoms with van der Waals surface area (Å²) < 4.78 is 10.6. The molecule has 2 aromatic rings. The van der Waals surface area contributed by atoms with Gasteiger partial charge in [0.1, 0.15) is 12.4 Å². The van der Waals surface area contributed by atoms with E-state index in [1.54, 1.807) is 7.11 Å². The van der Waals surface area contributed by atoms with Gasteiger partial charge >= 0.3 is 5.97 Å². The maximum absolute atomic E-state index is 11.9. The Bertz CT molecular complexity index is 647. The zero-order valence-corrected chi connectivity index (χ0v) is 13.4. The number of aryl methyl sites for hydroxylation is 3. The number of para-hydroxylation sites is 1. The highest BCUT2D eigenvalue weighted by Crippen LogP contribution is 2.18. The van der Waals surface area contributed by atoms with Gasteiger partial charge in [-0.15, -0.1) is 0 Å². The molecule has 0 heterocycles. The smallest absolute Gasteiger partial charge is 0.306 e. The van der Waals surface area contributed by atoms with E-state index in [4.69, 9.17) is 9.47 Å². The molecule has 0 N–H and O–H groups in total. The fourth-order valence-electron chi connectivity index (χ4n) is 2.42. The Kier molecular flexibility index (Phi) is 5.59. The van der Waals surface area contributed by atoms with Gasteiger partial charge in [-0.3, -0.25) is 4.79 Å². The molecule has 2 aromatic carbocycles. The monoisotopic (exact) mass is 298 g/mol. The second-order valence-electron chi connectivity index (χ2n) is 5.40. The molecule has 116 valence electrons. The summed E-state index contributed by atoms with van der Waals surface area (Å²) in [6.45, 7) is 4.39. The van der Waals surface area contributed by atoms with E-state index in [9.17, 15) is 4.79 Å². The predicted molar refractivity (Wildman–Crippen MR) is 87.0 cm³/mol. The van der Waals surface area contributed by atoms with Crippen LogP contribution in [0.1, 0.15) is 28.7 Å². The van der Waals surface area contributed by atoms with Crippen molar-refractivity contribution in [3.8, 4) is 5.75 Å². The van der Waals surface area contributed by atoms with Crippen molar-refractivity contribution in [1.82, 2.24) is 0 Å². The van der Waals surface area contributed by atoms with Crippen molar-refractivity contribution in [1.29, 1.82) is 0 Å². The maximum atomic E-state index is 11.9. The van der Waals surface area contributed by atoms with Crippen LogP contribution in [0.3, 0.4) is 0 Å². The number of hydrogen-bond donors (Lipinski definition) is 0. The number of ether oxygens (including phenoxy) is 2. The highest BCUT2D eigenvalue weighted by Gasteiger charge is 2.08. The molecule has 0 aliphatic rings. The summed E-state index contributed by atoms with van der Waals surface area (Å²) in [6, 6.07) is 13.8. The van der Waals surface area contributed by atoms with Crippen LogP contribution in [0.2, 0.25) is 0 Å². The number of esters is 1. The van der Waals surface area contributed by atoms with Gasteiger partial charge in [0.25, 0.3) is 0 Å². The lowest BCUT2D eigenvalue weighted by molar-refractivity contribution is -0.144. The van der Waals surface area contributed by atoms with Crippen molar-refractivity contribution in [3.63, 3.8) is 0 Å². The lowest BCUT2D eigenvalue weighted by atomic mass is 10.0. The number of carbonyl (C=O) groups is 1. The number of methoxy groups -OCH3 is 1. The van der Waals surface area contributed by atoms with Crippen LogP contribution >= 0.6 is 0 Å². The van der Waals surface area contributed by atoms with Crippen LogP contribution in [0.25, 0.3) is 0 Å². The van der Waals surface area contributed by atoms with Crippen molar-refractivity contribution >= 4 is 5.97 Å². The molecule has 0 aliphatic carbocycles. The van der Waals surface area contributed by atoms with Gasteiger partial charge in [-0.1, -0.05) is 42.0 Å². The highest BCUT2D eigenvalue weighted by atomic mass is 16.5. The zero-order chi connectivity index (χ0) is 15.9. The Morgan fingerprint density at radius 1 is 1.05 bits per heavy atom. The molecule has 3 heteroatoms. The third kappa shape index (κ3) is 4.35. The number of benzene rings is 2. The van der Waals surface area contributed by atoms with Crippen LogP contribution < -0.4 is 4.74 Å². The number of hydrogen-bond acceptors (Lipinski definition) is 3. The Morgan fingerprint density at radius 3 is 2.55 bits per heavy atom. The largest absolute Gasteiger partial charge is 0.496 e. The summed E-state index contributed by atoms with van der Waals surface area (Å²) in [7, 11) is 1.61. The molecule has 0 radical (unpaired) electrons. The molecule has 22 heavy (non-hydrogen) atoms. The molecule has 0 bridgehead atoms. The summed E-state index contributed by atoms with van der Waals surface area (Å²) in [5.74, 6) is 0.551. The van der Waals surface area contributed by atoms with E-state index in [1.807, 2.05) is 24.3 Å². The molecule has 0 spiro atoms. The molecule has 0 amide bonds. The van der Waals surface area contributed by atoms with E-state index >= 15 is 0 Å². The van der Waals surface area contributed by atoms with E-state index in [2.05, 4.69) is 32.0 Å². The van der Waals surface area contributed by atoms with Crippen molar-refractivity contribution in [3.05, 3.63) is 64.7 Å². The summed E-state index contributed by atoms with van der Waals surface area (Å²) in [5.41, 5.74) is 4.53. The molecule has 0 aromatic heterocycles. The van der Waals surface area contributed by atoms with Gasteiger partial charge in [0.05, 0.1) is 7.11 Å². The summed E-state index contributed by atoms with van der Waals surface area (Å²) >= 11 is 0. The predicted octanol–water partition coefficient (Wildman–Crippen LogP) is 3.99. The molecule has 3 nitrogen and oxygen atoms in total. The Morgan fingerprint density at radius 2 is 1.82 bits per heavy atom. The lowest BCUT2D eigenvalue weighted by Gasteiger charge is -2.10. The van der Waals surface area contributed by atoms with Crippen molar-refractivity contribution in [2.24, 2.45) is 0 Å². The second-order valence-corrected chi connectivity index (χ2v) is 5.40. The molecule has 0 atom stereocenters. The van der Waals surface area contributed by atoms with Gasteiger partial charge in [0, 0.05) is 12.0 Å². The zero-order valence-electron chi connectivity index (χ0n) is 13.4. The first-order valence-corrected chi connectivity index (χ1v) is 7.44. The fraction of sp³-hybridized carbons (Fsp3) is 0.316. The van der Waals surface area contributed by atoms with E-state index in [0.29, 0.717) is 12.8 Å². The third-order valence-corrected chi connectivity index (χ3v) is 3.68. The van der Waals surface area contributed by atoms with Crippen molar-refractivity contribution in [2.45, 2.75) is 33.3 Å². The van der Waals surface area contributed by atoms with Crippen LogP contribution in [0.15, 0.2) is 42.5 Å². The topological polar surface area (TPSA) is 35.5 Å². The van der Waals surface area contributed by atoms with Crippen LogP contribution in [-0.4, -0.2) is 13.1 Å². The molecular weight excluding hydrogens is 276 g/mol. The minimum atomic E-state index is -0.189. The minimum absolute atomic E-state index is 0.189. The number of rotatable bonds is 6. The van der Waals surface area contributed by atoms with Crippen LogP contribution in [-0.2, 0) is 22.6 Å². The van der Waals surface area contributed by atoms with Gasteiger partial charge in [-0.2, -0.15) is 0 Å². The van der Waals surface area contributed by atoms with Gasteiger partial charge in [0.2, 0.25) is 0 Å². The fourth-order valence-corrected chi connectivity index (χ4v) is 2.42. The molecule has 2 rings (SSSR count). The standard InChI is InChI=1S/C19H22O3/c1-14-8-9-16(15(2)12-14)10-11-19(20)22-13-17-6-4-5-7-18(17)21-3/h4-9,12H,10-11,13H2,1-3H3. The molecule has 0 fully saturated rings. The highest BCUT2D eigenvalue weighted by molar-refractivity contribution is 5.69. The van der Waals surface area contributed by atoms with Gasteiger partial charge in [-0.25, -0.2) is 0 Å². The Labute approximate surface area is 131 Å². The minimum Gasteiger partial charge on any atom is -0.496 e. The van der Waals surface area contributed by atoms with Gasteiger partial charge < -0.3 is 9.47 Å². The average Bonchev–Trinajstić information content (AvgIpc) is 2.52. The van der Waals surface area contributed by atoms with E-state index in [-0.39, 0.29) is 12.6 Å². The van der Waals surface area contributed by atoms with Gasteiger partial charge in [0.15, 0.2) is 0 Å². The average molecular weight is 298 g/mol. The molecule has 0 saturated heterocycles. The van der Waals surface area contributed by atoms with Crippen LogP contribution in [0, 0.1) is 13.8 Å². The van der Waals surface area contributed by atoms with Gasteiger partial charge in [-0.05, 0) is 37.5 Å². The Balaban J connectivity index is 1.85. The summed E-state index contributed by atoms with van der Waals surface area (Å²) in [4.78, 5) is 11.9. The Hall–Kier alpha value is -2.29. The first-order chi connectivity index (χ1) is 10.6. The van der Waals surface area contributed by atoms with Crippen LogP contribution in [0.5, 0.6) is 5.75 Å². The number of carbonyl (C=O) groups excluding carboxylic acids is 1. The maximum Gasteiger partial charge on any atom is 0.306 e. The molecule has 0 unspecified atom stereocenters. The SMILES string of the molecule is COc1ccccc1COC(=O)CCc1ccc(C)cc1C. The molecule has 0 aliphatic heterocycles. The summed E-state index contributed by atoms with van der Waals surface area (Å²) in [6.07, 6.45) is 1.09. The van der Waals surface area contributed by atoms with E-state index in [1.165, 1.54) is 16.7 Å². The van der Waals surface area contributed by atoms with Crippen LogP contribution in [0.4, 0.5) is 0 Å². The lowest BCUT2D eigenvalue weighted by Crippen LogP contribution is -2.07. The first-order valence-electron chi connectivity index (χ1n) is 7.44. The third-order valence-electron chi connectivity index (χ3n) is 3.68.